The minimum absolute atomic E-state index is 0.0244. The highest BCUT2D eigenvalue weighted by molar-refractivity contribution is 7.12. The number of carboxylic acids is 1. The number of fused-ring (bicyclic) bond motifs is 1. The zero-order valence-corrected chi connectivity index (χ0v) is 12.5. The van der Waals surface area contributed by atoms with Crippen LogP contribution in [0, 0.1) is 5.92 Å². The second-order valence-electron chi connectivity index (χ2n) is 4.85. The van der Waals surface area contributed by atoms with Gasteiger partial charge in [0.05, 0.1) is 0 Å². The second-order valence-corrected chi connectivity index (χ2v) is 5.71. The third kappa shape index (κ3) is 3.41. The maximum absolute atomic E-state index is 11.4. The molecule has 1 aromatic heterocycles. The van der Waals surface area contributed by atoms with Crippen molar-refractivity contribution in [3.63, 3.8) is 0 Å². The molecule has 0 bridgehead atoms. The molecule has 0 amide bonds. The minimum atomic E-state index is -1.07. The van der Waals surface area contributed by atoms with E-state index < -0.39 is 17.8 Å². The lowest BCUT2D eigenvalue weighted by Gasteiger charge is -2.22. The molecule has 0 aromatic carbocycles. The van der Waals surface area contributed by atoms with Gasteiger partial charge in [-0.2, -0.15) is 0 Å². The average molecular weight is 314 g/mol. The molecule has 116 valence electrons. The summed E-state index contributed by atoms with van der Waals surface area (Å²) in [6, 6.07) is 0. The first-order chi connectivity index (χ1) is 10.0. The lowest BCUT2D eigenvalue weighted by molar-refractivity contribution is -0.141. The number of thiophene rings is 1. The average Bonchev–Trinajstić information content (AvgIpc) is 2.79. The fourth-order valence-electron chi connectivity index (χ4n) is 2.16. The highest BCUT2D eigenvalue weighted by atomic mass is 32.1. The maximum Gasteiger partial charge on any atom is 0.323 e. The molecule has 0 radical (unpaired) electrons. The van der Waals surface area contributed by atoms with Crippen molar-refractivity contribution in [1.29, 1.82) is 0 Å². The van der Waals surface area contributed by atoms with Gasteiger partial charge in [0, 0.05) is 5.38 Å². The normalized spacial score (nSPS) is 15.1. The summed E-state index contributed by atoms with van der Waals surface area (Å²) < 4.78 is 10.5. The summed E-state index contributed by atoms with van der Waals surface area (Å²) in [7, 11) is 0. The Morgan fingerprint density at radius 2 is 2.05 bits per heavy atom. The van der Waals surface area contributed by atoms with Crippen molar-refractivity contribution in [2.24, 2.45) is 5.92 Å². The van der Waals surface area contributed by atoms with Crippen LogP contribution in [0.2, 0.25) is 0 Å². The first-order valence-corrected chi connectivity index (χ1v) is 7.74. The molecule has 1 unspecified atom stereocenters. The van der Waals surface area contributed by atoms with Gasteiger partial charge in [-0.05, 0) is 6.42 Å². The summed E-state index contributed by atoms with van der Waals surface area (Å²) in [5.74, 6) is -2.48. The van der Waals surface area contributed by atoms with Gasteiger partial charge in [-0.1, -0.05) is 43.9 Å². The molecule has 2 heterocycles. The summed E-state index contributed by atoms with van der Waals surface area (Å²) in [6.07, 6.45) is 4.12. The summed E-state index contributed by atoms with van der Waals surface area (Å²) in [4.78, 5) is 11.4. The van der Waals surface area contributed by atoms with E-state index in [1.54, 1.807) is 0 Å². The molecular weight excluding hydrogens is 296 g/mol. The van der Waals surface area contributed by atoms with E-state index in [2.05, 4.69) is 6.92 Å². The molecule has 0 saturated carbocycles. The SMILES string of the molecule is CCCCCCC(C(=O)O)C1=C(O)Oc2c(csc2O)O1. The zero-order valence-electron chi connectivity index (χ0n) is 11.7. The maximum atomic E-state index is 11.4. The van der Waals surface area contributed by atoms with Gasteiger partial charge in [0.15, 0.2) is 11.5 Å². The topological polar surface area (TPSA) is 96.2 Å². The number of ether oxygens (including phenoxy) is 2. The van der Waals surface area contributed by atoms with Crippen molar-refractivity contribution in [1.82, 2.24) is 0 Å². The van der Waals surface area contributed by atoms with Gasteiger partial charge in [0.1, 0.15) is 5.92 Å². The van der Waals surface area contributed by atoms with E-state index in [0.717, 1.165) is 37.0 Å². The van der Waals surface area contributed by atoms with Crippen LogP contribution in [0.15, 0.2) is 17.1 Å². The number of hydrogen-bond acceptors (Lipinski definition) is 6. The summed E-state index contributed by atoms with van der Waals surface area (Å²) in [5, 5.41) is 30.1. The van der Waals surface area contributed by atoms with Gasteiger partial charge in [0.2, 0.25) is 10.8 Å². The van der Waals surface area contributed by atoms with Gasteiger partial charge >= 0.3 is 11.9 Å². The van der Waals surface area contributed by atoms with Crippen molar-refractivity contribution in [2.45, 2.75) is 39.0 Å². The number of aromatic hydroxyl groups is 1. The van der Waals surface area contributed by atoms with Crippen molar-refractivity contribution in [3.05, 3.63) is 17.1 Å². The van der Waals surface area contributed by atoms with Crippen LogP contribution in [0.25, 0.3) is 0 Å². The monoisotopic (exact) mass is 314 g/mol. The highest BCUT2D eigenvalue weighted by Gasteiger charge is 2.34. The summed E-state index contributed by atoms with van der Waals surface area (Å²) in [5.41, 5.74) is 0. The smallest absolute Gasteiger partial charge is 0.323 e. The molecule has 0 spiro atoms. The quantitative estimate of drug-likeness (QED) is 0.665. The van der Waals surface area contributed by atoms with E-state index in [4.69, 9.17) is 9.47 Å². The number of aliphatic carboxylic acids is 1. The van der Waals surface area contributed by atoms with E-state index in [1.165, 1.54) is 5.38 Å². The molecule has 1 aliphatic heterocycles. The fraction of sp³-hybridized carbons (Fsp3) is 0.500. The molecule has 6 nitrogen and oxygen atoms in total. The van der Waals surface area contributed by atoms with Gasteiger partial charge in [-0.15, -0.1) is 0 Å². The zero-order chi connectivity index (χ0) is 15.4. The van der Waals surface area contributed by atoms with E-state index >= 15 is 0 Å². The lowest BCUT2D eigenvalue weighted by atomic mass is 9.98. The Morgan fingerprint density at radius 1 is 1.29 bits per heavy atom. The third-order valence-electron chi connectivity index (χ3n) is 3.29. The number of unbranched alkanes of at least 4 members (excludes halogenated alkanes) is 3. The van der Waals surface area contributed by atoms with Crippen LogP contribution in [0.1, 0.15) is 39.0 Å². The summed E-state index contributed by atoms with van der Waals surface area (Å²) in [6.45, 7) is 2.08. The summed E-state index contributed by atoms with van der Waals surface area (Å²) >= 11 is 0.989. The first-order valence-electron chi connectivity index (χ1n) is 6.86. The number of aliphatic hydroxyl groups excluding tert-OH is 1. The standard InChI is InChI=1S/C14H18O6S/c1-2-3-4-5-6-8(12(15)16)10-13(17)20-11-9(19-10)7-21-14(11)18/h7-8,17-18H,2-6H2,1H3,(H,15,16). The second kappa shape index (κ2) is 6.71. The Hall–Kier alpha value is -1.89. The third-order valence-corrected chi connectivity index (χ3v) is 4.03. The van der Waals surface area contributed by atoms with Crippen LogP contribution in [0.4, 0.5) is 0 Å². The van der Waals surface area contributed by atoms with Crippen LogP contribution >= 0.6 is 11.3 Å². The van der Waals surface area contributed by atoms with E-state index in [9.17, 15) is 20.1 Å². The Labute approximate surface area is 126 Å². The van der Waals surface area contributed by atoms with Crippen LogP contribution < -0.4 is 9.47 Å². The molecule has 2 rings (SSSR count). The number of rotatable bonds is 7. The molecule has 0 fully saturated rings. The van der Waals surface area contributed by atoms with Gasteiger partial charge in [-0.3, -0.25) is 4.79 Å². The Bertz CT molecular complexity index is 548. The minimum Gasteiger partial charge on any atom is -0.497 e. The largest absolute Gasteiger partial charge is 0.497 e. The van der Waals surface area contributed by atoms with Crippen LogP contribution in [-0.2, 0) is 4.79 Å². The number of hydrogen-bond donors (Lipinski definition) is 3. The number of aliphatic hydroxyl groups is 1. The number of carbonyl (C=O) groups is 1. The molecule has 3 N–H and O–H groups in total. The molecule has 0 saturated heterocycles. The fourth-order valence-corrected chi connectivity index (χ4v) is 2.78. The Kier molecular flexibility index (Phi) is 4.95. The molecule has 1 aliphatic rings. The Morgan fingerprint density at radius 3 is 2.71 bits per heavy atom. The van der Waals surface area contributed by atoms with E-state index in [0.29, 0.717) is 6.42 Å². The number of carboxylic acid groups (broad SMARTS) is 1. The van der Waals surface area contributed by atoms with Crippen molar-refractivity contribution in [2.75, 3.05) is 0 Å². The van der Waals surface area contributed by atoms with Gasteiger partial charge < -0.3 is 24.8 Å². The molecule has 1 aromatic rings. The van der Waals surface area contributed by atoms with Crippen LogP contribution in [-0.4, -0.2) is 21.3 Å². The first kappa shape index (κ1) is 15.5. The van der Waals surface area contributed by atoms with Crippen LogP contribution in [0.3, 0.4) is 0 Å². The molecule has 1 atom stereocenters. The lowest BCUT2D eigenvalue weighted by Crippen LogP contribution is -2.24. The van der Waals surface area contributed by atoms with E-state index in [1.807, 2.05) is 0 Å². The van der Waals surface area contributed by atoms with E-state index in [-0.39, 0.29) is 22.3 Å². The molecule has 0 aliphatic carbocycles. The molecule has 7 heteroatoms. The van der Waals surface area contributed by atoms with Crippen molar-refractivity contribution >= 4 is 17.3 Å². The predicted octanol–water partition coefficient (Wildman–Crippen LogP) is 3.62. The molecule has 21 heavy (non-hydrogen) atoms. The van der Waals surface area contributed by atoms with Gasteiger partial charge in [-0.25, -0.2) is 0 Å². The van der Waals surface area contributed by atoms with Crippen molar-refractivity contribution < 1.29 is 29.6 Å². The molecular formula is C14H18O6S. The van der Waals surface area contributed by atoms with Gasteiger partial charge in [0.25, 0.3) is 0 Å². The highest BCUT2D eigenvalue weighted by Crippen LogP contribution is 2.47. The van der Waals surface area contributed by atoms with Crippen molar-refractivity contribution in [3.8, 4) is 16.6 Å². The van der Waals surface area contributed by atoms with Crippen LogP contribution in [0.5, 0.6) is 16.6 Å². The Balaban J connectivity index is 2.11. The predicted molar refractivity (Wildman–Crippen MR) is 76.8 cm³/mol.